The zero-order chi connectivity index (χ0) is 14.0. The molecule has 0 amide bonds. The molecule has 0 bridgehead atoms. The molecule has 1 fully saturated rings. The first-order chi connectivity index (χ1) is 8.90. The van der Waals surface area contributed by atoms with Crippen molar-refractivity contribution in [3.05, 3.63) is 33.8 Å². The van der Waals surface area contributed by atoms with Gasteiger partial charge < -0.3 is 4.74 Å². The lowest BCUT2D eigenvalue weighted by Gasteiger charge is -2.16. The van der Waals surface area contributed by atoms with Crippen molar-refractivity contribution in [1.82, 2.24) is 0 Å². The SMILES string of the molecule is C[C@H](c1ccc(Cl)c(Cl)c1)S(=O)(=O)C[C@H]1CCOC1. The van der Waals surface area contributed by atoms with Gasteiger partial charge in [0, 0.05) is 6.61 Å². The van der Waals surface area contributed by atoms with Gasteiger partial charge in [0.2, 0.25) is 0 Å². The average Bonchev–Trinajstić information content (AvgIpc) is 2.83. The number of rotatable bonds is 4. The van der Waals surface area contributed by atoms with Crippen molar-refractivity contribution >= 4 is 33.0 Å². The Kier molecular flexibility index (Phi) is 4.77. The van der Waals surface area contributed by atoms with Crippen LogP contribution < -0.4 is 0 Å². The van der Waals surface area contributed by atoms with E-state index < -0.39 is 15.1 Å². The van der Waals surface area contributed by atoms with Gasteiger partial charge in [-0.15, -0.1) is 0 Å². The molecule has 0 aromatic heterocycles. The molecule has 106 valence electrons. The summed E-state index contributed by atoms with van der Waals surface area (Å²) in [5.41, 5.74) is 0.674. The molecule has 1 heterocycles. The minimum Gasteiger partial charge on any atom is -0.381 e. The molecule has 0 aliphatic carbocycles. The molecular formula is C13H16Cl2O3S. The van der Waals surface area contributed by atoms with E-state index in [4.69, 9.17) is 27.9 Å². The number of sulfone groups is 1. The highest BCUT2D eigenvalue weighted by atomic mass is 35.5. The molecule has 2 rings (SSSR count). The summed E-state index contributed by atoms with van der Waals surface area (Å²) in [6.07, 6.45) is 0.813. The number of hydrogen-bond donors (Lipinski definition) is 0. The first-order valence-corrected chi connectivity index (χ1v) is 8.61. The van der Waals surface area contributed by atoms with Crippen LogP contribution in [0.4, 0.5) is 0 Å². The molecular weight excluding hydrogens is 307 g/mol. The zero-order valence-electron chi connectivity index (χ0n) is 10.6. The van der Waals surface area contributed by atoms with E-state index in [2.05, 4.69) is 0 Å². The lowest BCUT2D eigenvalue weighted by atomic mass is 10.1. The van der Waals surface area contributed by atoms with E-state index in [0.717, 1.165) is 6.42 Å². The Bertz CT molecular complexity index is 551. The smallest absolute Gasteiger partial charge is 0.157 e. The second kappa shape index (κ2) is 6.00. The van der Waals surface area contributed by atoms with Crippen molar-refractivity contribution in [2.24, 2.45) is 5.92 Å². The van der Waals surface area contributed by atoms with Gasteiger partial charge in [0.25, 0.3) is 0 Å². The molecule has 3 nitrogen and oxygen atoms in total. The van der Waals surface area contributed by atoms with E-state index in [9.17, 15) is 8.42 Å². The predicted molar refractivity (Wildman–Crippen MR) is 77.6 cm³/mol. The standard InChI is InChI=1S/C13H16Cl2O3S/c1-9(11-2-3-12(14)13(15)6-11)19(16,17)8-10-4-5-18-7-10/h2-3,6,9-10H,4-5,7-8H2,1H3/t9-,10+/m1/s1. The van der Waals surface area contributed by atoms with E-state index in [1.54, 1.807) is 25.1 Å². The monoisotopic (exact) mass is 322 g/mol. The molecule has 6 heteroatoms. The van der Waals surface area contributed by atoms with E-state index in [1.165, 1.54) is 0 Å². The maximum atomic E-state index is 12.4. The molecule has 0 unspecified atom stereocenters. The van der Waals surface area contributed by atoms with Crippen LogP contribution in [0.3, 0.4) is 0 Å². The lowest BCUT2D eigenvalue weighted by Crippen LogP contribution is -2.21. The van der Waals surface area contributed by atoms with E-state index in [1.807, 2.05) is 0 Å². The van der Waals surface area contributed by atoms with Crippen LogP contribution >= 0.6 is 23.2 Å². The molecule has 1 aliphatic rings. The van der Waals surface area contributed by atoms with Crippen LogP contribution in [0, 0.1) is 5.92 Å². The predicted octanol–water partition coefficient (Wildman–Crippen LogP) is 3.51. The van der Waals surface area contributed by atoms with Crippen molar-refractivity contribution in [2.45, 2.75) is 18.6 Å². The molecule has 0 N–H and O–H groups in total. The summed E-state index contributed by atoms with van der Waals surface area (Å²) in [4.78, 5) is 0. The number of benzene rings is 1. The molecule has 2 atom stereocenters. The van der Waals surface area contributed by atoms with Gasteiger partial charge in [-0.2, -0.15) is 0 Å². The van der Waals surface area contributed by atoms with Crippen molar-refractivity contribution < 1.29 is 13.2 Å². The summed E-state index contributed by atoms with van der Waals surface area (Å²) in [6, 6.07) is 4.96. The molecule has 1 aliphatic heterocycles. The summed E-state index contributed by atoms with van der Waals surface area (Å²) >= 11 is 11.8. The third-order valence-corrected chi connectivity index (χ3v) is 6.47. The fourth-order valence-corrected chi connectivity index (χ4v) is 4.24. The Morgan fingerprint density at radius 2 is 2.11 bits per heavy atom. The Morgan fingerprint density at radius 1 is 1.37 bits per heavy atom. The van der Waals surface area contributed by atoms with Crippen molar-refractivity contribution in [3.63, 3.8) is 0 Å². The maximum Gasteiger partial charge on any atom is 0.157 e. The Balaban J connectivity index is 2.16. The van der Waals surface area contributed by atoms with Gasteiger partial charge in [0.15, 0.2) is 9.84 Å². The highest BCUT2D eigenvalue weighted by Gasteiger charge is 2.28. The largest absolute Gasteiger partial charge is 0.381 e. The Hall–Kier alpha value is -0.290. The Labute approximate surface area is 123 Å². The maximum absolute atomic E-state index is 12.4. The molecule has 0 radical (unpaired) electrons. The first kappa shape index (κ1) is 15.1. The van der Waals surface area contributed by atoms with E-state index in [0.29, 0.717) is 28.8 Å². The van der Waals surface area contributed by atoms with Gasteiger partial charge in [-0.05, 0) is 37.0 Å². The van der Waals surface area contributed by atoms with Gasteiger partial charge in [-0.1, -0.05) is 29.3 Å². The van der Waals surface area contributed by atoms with Crippen LogP contribution in [-0.2, 0) is 14.6 Å². The summed E-state index contributed by atoms with van der Waals surface area (Å²) in [5.74, 6) is 0.268. The van der Waals surface area contributed by atoms with E-state index >= 15 is 0 Å². The number of halogens is 2. The van der Waals surface area contributed by atoms with Gasteiger partial charge in [0.1, 0.15) is 0 Å². The fourth-order valence-electron chi connectivity index (χ4n) is 2.16. The zero-order valence-corrected chi connectivity index (χ0v) is 12.9. The first-order valence-electron chi connectivity index (χ1n) is 6.14. The van der Waals surface area contributed by atoms with Crippen molar-refractivity contribution in [1.29, 1.82) is 0 Å². The average molecular weight is 323 g/mol. The van der Waals surface area contributed by atoms with Gasteiger partial charge in [-0.25, -0.2) is 8.42 Å². The Morgan fingerprint density at radius 3 is 2.68 bits per heavy atom. The molecule has 0 spiro atoms. The van der Waals surface area contributed by atoms with E-state index in [-0.39, 0.29) is 11.7 Å². The third-order valence-electron chi connectivity index (χ3n) is 3.44. The van der Waals surface area contributed by atoms with Crippen LogP contribution in [0.5, 0.6) is 0 Å². The molecule has 1 aromatic carbocycles. The summed E-state index contributed by atoms with van der Waals surface area (Å²) in [7, 11) is -3.21. The van der Waals surface area contributed by atoms with Crippen LogP contribution in [0.1, 0.15) is 24.2 Å². The summed E-state index contributed by atoms with van der Waals surface area (Å²) < 4.78 is 29.9. The normalized spacial score (nSPS) is 21.5. The van der Waals surface area contributed by atoms with Crippen LogP contribution in [-0.4, -0.2) is 27.4 Å². The molecule has 1 saturated heterocycles. The summed E-state index contributed by atoms with van der Waals surface area (Å²) in [5, 5.41) is 0.229. The highest BCUT2D eigenvalue weighted by molar-refractivity contribution is 7.91. The van der Waals surface area contributed by atoms with Gasteiger partial charge >= 0.3 is 0 Å². The molecule has 0 saturated carbocycles. The minimum absolute atomic E-state index is 0.107. The number of ether oxygens (including phenoxy) is 1. The minimum atomic E-state index is -3.21. The second-order valence-electron chi connectivity index (χ2n) is 4.87. The quantitative estimate of drug-likeness (QED) is 0.852. The molecule has 1 aromatic rings. The lowest BCUT2D eigenvalue weighted by molar-refractivity contribution is 0.188. The van der Waals surface area contributed by atoms with Crippen LogP contribution in [0.15, 0.2) is 18.2 Å². The van der Waals surface area contributed by atoms with Crippen molar-refractivity contribution in [2.75, 3.05) is 19.0 Å². The van der Waals surface area contributed by atoms with Crippen LogP contribution in [0.2, 0.25) is 10.0 Å². The van der Waals surface area contributed by atoms with Gasteiger partial charge in [-0.3, -0.25) is 0 Å². The second-order valence-corrected chi connectivity index (χ2v) is 8.06. The van der Waals surface area contributed by atoms with Crippen LogP contribution in [0.25, 0.3) is 0 Å². The highest BCUT2D eigenvalue weighted by Crippen LogP contribution is 2.30. The van der Waals surface area contributed by atoms with Crippen molar-refractivity contribution in [3.8, 4) is 0 Å². The third kappa shape index (κ3) is 3.63. The number of hydrogen-bond acceptors (Lipinski definition) is 3. The topological polar surface area (TPSA) is 43.4 Å². The van der Waals surface area contributed by atoms with Gasteiger partial charge in [0.05, 0.1) is 27.7 Å². The molecule has 19 heavy (non-hydrogen) atoms. The summed E-state index contributed by atoms with van der Waals surface area (Å²) in [6.45, 7) is 2.87. The fraction of sp³-hybridized carbons (Fsp3) is 0.538.